The highest BCUT2D eigenvalue weighted by atomic mass is 16.5. The molecule has 1 aliphatic heterocycles. The van der Waals surface area contributed by atoms with Crippen LogP contribution >= 0.6 is 0 Å². The van der Waals surface area contributed by atoms with Crippen LogP contribution in [0.2, 0.25) is 0 Å². The molecule has 8 nitrogen and oxygen atoms in total. The summed E-state index contributed by atoms with van der Waals surface area (Å²) in [6.07, 6.45) is 3.62. The molecule has 1 aromatic heterocycles. The topological polar surface area (TPSA) is 89.7 Å². The van der Waals surface area contributed by atoms with Crippen molar-refractivity contribution in [3.63, 3.8) is 0 Å². The number of aromatic nitrogens is 2. The number of ether oxygens (including phenoxy) is 2. The zero-order valence-electron chi connectivity index (χ0n) is 19.8. The molecule has 0 bridgehead atoms. The molecule has 3 aromatic rings. The summed E-state index contributed by atoms with van der Waals surface area (Å²) in [6, 6.07) is 15.9. The summed E-state index contributed by atoms with van der Waals surface area (Å²) in [5.74, 6) is 2.84. The van der Waals surface area contributed by atoms with Crippen LogP contribution in [0.15, 0.2) is 53.1 Å². The SMILES string of the molecule is COc1ccc(-c2noc(CCCC(=O)NC3CCN(Cc4cccc(OC)c4)CC3)n2)cc1. The van der Waals surface area contributed by atoms with Gasteiger partial charge < -0.3 is 19.3 Å². The number of hydrogen-bond acceptors (Lipinski definition) is 7. The number of methoxy groups -OCH3 is 2. The normalized spacial score (nSPS) is 14.6. The highest BCUT2D eigenvalue weighted by molar-refractivity contribution is 5.76. The van der Waals surface area contributed by atoms with Crippen molar-refractivity contribution in [2.24, 2.45) is 0 Å². The van der Waals surface area contributed by atoms with Crippen molar-refractivity contribution < 1.29 is 18.8 Å². The first kappa shape index (κ1) is 23.8. The lowest BCUT2D eigenvalue weighted by Gasteiger charge is -2.32. The second-order valence-corrected chi connectivity index (χ2v) is 8.56. The van der Waals surface area contributed by atoms with Gasteiger partial charge in [0.15, 0.2) is 0 Å². The van der Waals surface area contributed by atoms with E-state index in [2.05, 4.69) is 32.5 Å². The minimum absolute atomic E-state index is 0.0844. The number of aryl methyl sites for hydroxylation is 1. The van der Waals surface area contributed by atoms with E-state index in [9.17, 15) is 4.79 Å². The molecule has 4 rings (SSSR count). The molecule has 0 aliphatic carbocycles. The van der Waals surface area contributed by atoms with E-state index in [0.717, 1.165) is 49.5 Å². The van der Waals surface area contributed by atoms with Crippen LogP contribution in [-0.2, 0) is 17.8 Å². The average molecular weight is 465 g/mol. The highest BCUT2D eigenvalue weighted by Crippen LogP contribution is 2.20. The second kappa shape index (κ2) is 11.7. The number of likely N-dealkylation sites (tertiary alicyclic amines) is 1. The number of nitrogens with zero attached hydrogens (tertiary/aromatic N) is 3. The first-order chi connectivity index (χ1) is 16.6. The van der Waals surface area contributed by atoms with E-state index in [4.69, 9.17) is 14.0 Å². The van der Waals surface area contributed by atoms with Gasteiger partial charge in [-0.1, -0.05) is 17.3 Å². The van der Waals surface area contributed by atoms with Gasteiger partial charge >= 0.3 is 0 Å². The van der Waals surface area contributed by atoms with Gasteiger partial charge in [0.2, 0.25) is 17.6 Å². The van der Waals surface area contributed by atoms with Gasteiger partial charge in [-0.15, -0.1) is 0 Å². The third-order valence-electron chi connectivity index (χ3n) is 6.10. The summed E-state index contributed by atoms with van der Waals surface area (Å²) in [4.78, 5) is 19.3. The lowest BCUT2D eigenvalue weighted by Crippen LogP contribution is -2.44. The first-order valence-electron chi connectivity index (χ1n) is 11.7. The first-order valence-corrected chi connectivity index (χ1v) is 11.7. The van der Waals surface area contributed by atoms with Crippen LogP contribution in [0.3, 0.4) is 0 Å². The maximum atomic E-state index is 12.4. The molecule has 8 heteroatoms. The number of carbonyl (C=O) groups is 1. The molecule has 2 aromatic carbocycles. The van der Waals surface area contributed by atoms with Crippen molar-refractivity contribution in [1.29, 1.82) is 0 Å². The van der Waals surface area contributed by atoms with E-state index in [1.807, 2.05) is 36.4 Å². The Hall–Kier alpha value is -3.39. The van der Waals surface area contributed by atoms with Crippen LogP contribution < -0.4 is 14.8 Å². The maximum Gasteiger partial charge on any atom is 0.226 e. The average Bonchev–Trinajstić information content (AvgIpc) is 3.34. The molecule has 1 N–H and O–H groups in total. The molecule has 1 saturated heterocycles. The minimum Gasteiger partial charge on any atom is -0.497 e. The van der Waals surface area contributed by atoms with E-state index in [1.165, 1.54) is 5.56 Å². The van der Waals surface area contributed by atoms with Gasteiger partial charge in [0.05, 0.1) is 14.2 Å². The summed E-state index contributed by atoms with van der Waals surface area (Å²) in [5.41, 5.74) is 2.12. The number of piperidine rings is 1. The quantitative estimate of drug-likeness (QED) is 0.487. The fourth-order valence-electron chi connectivity index (χ4n) is 4.18. The van der Waals surface area contributed by atoms with Crippen LogP contribution in [0.25, 0.3) is 11.4 Å². The van der Waals surface area contributed by atoms with Gasteiger partial charge in [0.25, 0.3) is 0 Å². The third kappa shape index (κ3) is 6.57. The van der Waals surface area contributed by atoms with Crippen molar-refractivity contribution >= 4 is 5.91 Å². The Morgan fingerprint density at radius 3 is 2.59 bits per heavy atom. The number of nitrogens with one attached hydrogen (secondary N) is 1. The molecule has 2 heterocycles. The van der Waals surface area contributed by atoms with Crippen LogP contribution in [-0.4, -0.2) is 54.3 Å². The van der Waals surface area contributed by atoms with Crippen LogP contribution in [0.1, 0.15) is 37.1 Å². The van der Waals surface area contributed by atoms with E-state index in [1.54, 1.807) is 14.2 Å². The Bertz CT molecular complexity index is 1060. The molecule has 0 spiro atoms. The number of benzene rings is 2. The summed E-state index contributed by atoms with van der Waals surface area (Å²) < 4.78 is 15.8. The predicted octanol–water partition coefficient (Wildman–Crippen LogP) is 3.86. The zero-order valence-corrected chi connectivity index (χ0v) is 19.8. The van der Waals surface area contributed by atoms with Crippen molar-refractivity contribution in [3.05, 3.63) is 60.0 Å². The fraction of sp³-hybridized carbons (Fsp3) is 0.423. The number of carbonyl (C=O) groups excluding carboxylic acids is 1. The highest BCUT2D eigenvalue weighted by Gasteiger charge is 2.21. The van der Waals surface area contributed by atoms with Gasteiger partial charge in [-0.3, -0.25) is 9.69 Å². The number of amides is 1. The van der Waals surface area contributed by atoms with E-state index in [0.29, 0.717) is 31.0 Å². The number of hydrogen-bond donors (Lipinski definition) is 1. The monoisotopic (exact) mass is 464 g/mol. The molecule has 1 fully saturated rings. The van der Waals surface area contributed by atoms with Crippen molar-refractivity contribution in [2.45, 2.75) is 44.7 Å². The molecule has 0 saturated carbocycles. The molecule has 180 valence electrons. The van der Waals surface area contributed by atoms with Gasteiger partial charge in [-0.25, -0.2) is 0 Å². The van der Waals surface area contributed by atoms with Crippen molar-refractivity contribution in [1.82, 2.24) is 20.4 Å². The Morgan fingerprint density at radius 2 is 1.85 bits per heavy atom. The van der Waals surface area contributed by atoms with Crippen molar-refractivity contribution in [3.8, 4) is 22.9 Å². The molecule has 0 unspecified atom stereocenters. The molecular weight excluding hydrogens is 432 g/mol. The lowest BCUT2D eigenvalue weighted by molar-refractivity contribution is -0.122. The molecule has 0 radical (unpaired) electrons. The van der Waals surface area contributed by atoms with E-state index in [-0.39, 0.29) is 11.9 Å². The van der Waals surface area contributed by atoms with Gasteiger partial charge in [-0.05, 0) is 61.2 Å². The van der Waals surface area contributed by atoms with Crippen LogP contribution in [0, 0.1) is 0 Å². The van der Waals surface area contributed by atoms with Crippen LogP contribution in [0.5, 0.6) is 11.5 Å². The molecule has 1 aliphatic rings. The summed E-state index contributed by atoms with van der Waals surface area (Å²) in [7, 11) is 3.32. The van der Waals surface area contributed by atoms with Gasteiger partial charge in [0.1, 0.15) is 11.5 Å². The Labute approximate surface area is 200 Å². The van der Waals surface area contributed by atoms with E-state index < -0.39 is 0 Å². The number of rotatable bonds is 10. The lowest BCUT2D eigenvalue weighted by atomic mass is 10.0. The Morgan fingerprint density at radius 1 is 1.09 bits per heavy atom. The van der Waals surface area contributed by atoms with E-state index >= 15 is 0 Å². The van der Waals surface area contributed by atoms with Crippen molar-refractivity contribution in [2.75, 3.05) is 27.3 Å². The minimum atomic E-state index is 0.0844. The van der Waals surface area contributed by atoms with Crippen LogP contribution in [0.4, 0.5) is 0 Å². The fourth-order valence-corrected chi connectivity index (χ4v) is 4.18. The standard InChI is InChI=1S/C26H32N4O4/c1-32-22-11-9-20(10-12-22)26-28-25(34-29-26)8-4-7-24(31)27-21-13-15-30(16-14-21)18-19-5-3-6-23(17-19)33-2/h3,5-6,9-12,17,21H,4,7-8,13-16,18H2,1-2H3,(H,27,31). The van der Waals surface area contributed by atoms with Gasteiger partial charge in [-0.2, -0.15) is 4.98 Å². The molecular formula is C26H32N4O4. The van der Waals surface area contributed by atoms with Gasteiger partial charge in [0, 0.05) is 44.1 Å². The molecule has 1 amide bonds. The Kier molecular flexibility index (Phi) is 8.14. The maximum absolute atomic E-state index is 12.4. The second-order valence-electron chi connectivity index (χ2n) is 8.56. The zero-order chi connectivity index (χ0) is 23.8. The summed E-state index contributed by atoms with van der Waals surface area (Å²) in [6.45, 7) is 2.84. The Balaban J connectivity index is 1.15. The summed E-state index contributed by atoms with van der Waals surface area (Å²) >= 11 is 0. The molecule has 34 heavy (non-hydrogen) atoms. The third-order valence-corrected chi connectivity index (χ3v) is 6.10. The molecule has 0 atom stereocenters. The smallest absolute Gasteiger partial charge is 0.226 e. The predicted molar refractivity (Wildman–Crippen MR) is 129 cm³/mol. The largest absolute Gasteiger partial charge is 0.497 e. The summed E-state index contributed by atoms with van der Waals surface area (Å²) in [5, 5.41) is 7.23.